The van der Waals surface area contributed by atoms with Gasteiger partial charge in [0.1, 0.15) is 19.0 Å². The maximum atomic E-state index is 12.6. The van der Waals surface area contributed by atoms with Crippen LogP contribution in [0.5, 0.6) is 17.2 Å². The maximum Gasteiger partial charge on any atom is 0.251 e. The van der Waals surface area contributed by atoms with E-state index in [9.17, 15) is 4.79 Å². The van der Waals surface area contributed by atoms with Crippen LogP contribution in [-0.4, -0.2) is 31.5 Å². The third kappa shape index (κ3) is 5.73. The van der Waals surface area contributed by atoms with Crippen LogP contribution in [0.4, 0.5) is 0 Å². The van der Waals surface area contributed by atoms with Crippen molar-refractivity contribution < 1.29 is 19.0 Å². The fourth-order valence-corrected chi connectivity index (χ4v) is 3.98. The Labute approximate surface area is 186 Å². The molecule has 160 valence electrons. The summed E-state index contributed by atoms with van der Waals surface area (Å²) >= 11 is 1.76. The molecule has 0 saturated heterocycles. The monoisotopic (exact) mass is 435 g/mol. The van der Waals surface area contributed by atoms with Crippen molar-refractivity contribution in [1.29, 1.82) is 0 Å². The van der Waals surface area contributed by atoms with Crippen LogP contribution in [0.15, 0.2) is 77.7 Å². The second-order valence-corrected chi connectivity index (χ2v) is 8.30. The molecule has 0 saturated carbocycles. The highest BCUT2D eigenvalue weighted by Crippen LogP contribution is 2.32. The highest BCUT2D eigenvalue weighted by Gasteiger charge is 2.16. The lowest BCUT2D eigenvalue weighted by molar-refractivity contribution is 0.0939. The standard InChI is InChI=1S/C25H25NO4S/c1-18(20-9-12-23-24(17-20)30-14-13-29-23)26-25(27)19-7-10-21(11-8-19)28-15-16-31-22-5-3-2-4-6-22/h2-12,17-18H,13-16H2,1H3,(H,26,27). The van der Waals surface area contributed by atoms with Crippen molar-refractivity contribution in [3.05, 3.63) is 83.9 Å². The molecule has 0 fully saturated rings. The quantitative estimate of drug-likeness (QED) is 0.393. The first-order valence-corrected chi connectivity index (χ1v) is 11.3. The van der Waals surface area contributed by atoms with Gasteiger partial charge in [-0.15, -0.1) is 11.8 Å². The van der Waals surface area contributed by atoms with Crippen molar-refractivity contribution in [3.8, 4) is 17.2 Å². The predicted molar refractivity (Wildman–Crippen MR) is 122 cm³/mol. The van der Waals surface area contributed by atoms with Crippen LogP contribution in [0.1, 0.15) is 28.9 Å². The average Bonchev–Trinajstić information content (AvgIpc) is 2.82. The Balaban J connectivity index is 1.27. The lowest BCUT2D eigenvalue weighted by atomic mass is 10.1. The number of thioether (sulfide) groups is 1. The zero-order valence-electron chi connectivity index (χ0n) is 17.4. The molecule has 0 aliphatic carbocycles. The summed E-state index contributed by atoms with van der Waals surface area (Å²) in [5.74, 6) is 2.95. The van der Waals surface area contributed by atoms with Gasteiger partial charge in [-0.05, 0) is 61.0 Å². The number of ether oxygens (including phenoxy) is 3. The lowest BCUT2D eigenvalue weighted by Crippen LogP contribution is -2.26. The van der Waals surface area contributed by atoms with Gasteiger partial charge in [-0.1, -0.05) is 24.3 Å². The zero-order valence-corrected chi connectivity index (χ0v) is 18.2. The van der Waals surface area contributed by atoms with Gasteiger partial charge < -0.3 is 19.5 Å². The number of carbonyl (C=O) groups excluding carboxylic acids is 1. The van der Waals surface area contributed by atoms with E-state index < -0.39 is 0 Å². The molecule has 0 spiro atoms. The van der Waals surface area contributed by atoms with Crippen molar-refractivity contribution in [2.45, 2.75) is 17.9 Å². The van der Waals surface area contributed by atoms with Crippen LogP contribution in [0.3, 0.4) is 0 Å². The number of rotatable bonds is 8. The molecule has 4 rings (SSSR count). The minimum atomic E-state index is -0.158. The van der Waals surface area contributed by atoms with Crippen LogP contribution in [0, 0.1) is 0 Å². The number of nitrogens with one attached hydrogen (secondary N) is 1. The normalized spacial score (nSPS) is 13.3. The van der Waals surface area contributed by atoms with Crippen molar-refractivity contribution >= 4 is 17.7 Å². The fourth-order valence-electron chi connectivity index (χ4n) is 3.23. The summed E-state index contributed by atoms with van der Waals surface area (Å²) in [6.45, 7) is 3.65. The first-order chi connectivity index (χ1) is 15.2. The first kappa shape index (κ1) is 21.1. The molecular formula is C25H25NO4S. The van der Waals surface area contributed by atoms with Crippen molar-refractivity contribution in [2.24, 2.45) is 0 Å². The van der Waals surface area contributed by atoms with E-state index in [0.29, 0.717) is 25.4 Å². The maximum absolute atomic E-state index is 12.6. The number of fused-ring (bicyclic) bond motifs is 1. The molecular weight excluding hydrogens is 410 g/mol. The Morgan fingerprint density at radius 3 is 2.52 bits per heavy atom. The van der Waals surface area contributed by atoms with E-state index >= 15 is 0 Å². The smallest absolute Gasteiger partial charge is 0.251 e. The van der Waals surface area contributed by atoms with Crippen molar-refractivity contribution in [3.63, 3.8) is 0 Å². The topological polar surface area (TPSA) is 56.8 Å². The van der Waals surface area contributed by atoms with Crippen molar-refractivity contribution in [2.75, 3.05) is 25.6 Å². The largest absolute Gasteiger partial charge is 0.493 e. The molecule has 1 atom stereocenters. The van der Waals surface area contributed by atoms with E-state index in [1.165, 1.54) is 4.90 Å². The molecule has 0 radical (unpaired) electrons. The third-order valence-corrected chi connectivity index (χ3v) is 5.87. The van der Waals surface area contributed by atoms with E-state index in [-0.39, 0.29) is 11.9 Å². The summed E-state index contributed by atoms with van der Waals surface area (Å²) in [6, 6.07) is 23.1. The van der Waals surface area contributed by atoms with E-state index in [2.05, 4.69) is 17.4 Å². The highest BCUT2D eigenvalue weighted by atomic mass is 32.2. The Morgan fingerprint density at radius 2 is 1.74 bits per heavy atom. The number of benzene rings is 3. The van der Waals surface area contributed by atoms with Gasteiger partial charge in [-0.25, -0.2) is 0 Å². The summed E-state index contributed by atoms with van der Waals surface area (Å²) in [5.41, 5.74) is 1.56. The van der Waals surface area contributed by atoms with Gasteiger partial charge in [0.05, 0.1) is 12.6 Å². The molecule has 1 amide bonds. The molecule has 0 bridgehead atoms. The predicted octanol–water partition coefficient (Wildman–Crippen LogP) is 5.12. The molecule has 1 aliphatic rings. The van der Waals surface area contributed by atoms with E-state index in [4.69, 9.17) is 14.2 Å². The number of carbonyl (C=O) groups is 1. The van der Waals surface area contributed by atoms with Crippen LogP contribution >= 0.6 is 11.8 Å². The van der Waals surface area contributed by atoms with Gasteiger partial charge in [0, 0.05) is 16.2 Å². The zero-order chi connectivity index (χ0) is 21.5. The molecule has 1 heterocycles. The van der Waals surface area contributed by atoms with Gasteiger partial charge in [0.25, 0.3) is 5.91 Å². The summed E-state index contributed by atoms with van der Waals surface area (Å²) in [5, 5.41) is 3.03. The lowest BCUT2D eigenvalue weighted by Gasteiger charge is -2.21. The minimum absolute atomic E-state index is 0.131. The molecule has 1 aliphatic heterocycles. The molecule has 3 aromatic rings. The van der Waals surface area contributed by atoms with Crippen LogP contribution < -0.4 is 19.5 Å². The Bertz CT molecular complexity index is 1010. The molecule has 3 aromatic carbocycles. The van der Waals surface area contributed by atoms with Crippen molar-refractivity contribution in [1.82, 2.24) is 5.32 Å². The molecule has 0 aromatic heterocycles. The van der Waals surface area contributed by atoms with Crippen LogP contribution in [0.25, 0.3) is 0 Å². The summed E-state index contributed by atoms with van der Waals surface area (Å²) in [6.07, 6.45) is 0. The molecule has 1 unspecified atom stereocenters. The molecule has 31 heavy (non-hydrogen) atoms. The summed E-state index contributed by atoms with van der Waals surface area (Å²) < 4.78 is 17.0. The van der Waals surface area contributed by atoms with Crippen LogP contribution in [0.2, 0.25) is 0 Å². The Kier molecular flexibility index (Phi) is 6.99. The second kappa shape index (κ2) is 10.3. The number of hydrogen-bond acceptors (Lipinski definition) is 5. The highest BCUT2D eigenvalue weighted by molar-refractivity contribution is 7.99. The number of amides is 1. The van der Waals surface area contributed by atoms with Gasteiger partial charge in [0.15, 0.2) is 11.5 Å². The Hall–Kier alpha value is -3.12. The Morgan fingerprint density at radius 1 is 1.00 bits per heavy atom. The first-order valence-electron chi connectivity index (χ1n) is 10.3. The third-order valence-electron chi connectivity index (χ3n) is 4.89. The van der Waals surface area contributed by atoms with Gasteiger partial charge in [-0.3, -0.25) is 4.79 Å². The van der Waals surface area contributed by atoms with Gasteiger partial charge >= 0.3 is 0 Å². The summed E-state index contributed by atoms with van der Waals surface area (Å²) in [4.78, 5) is 13.9. The molecule has 6 heteroatoms. The minimum Gasteiger partial charge on any atom is -0.493 e. The van der Waals surface area contributed by atoms with E-state index in [0.717, 1.165) is 28.6 Å². The van der Waals surface area contributed by atoms with Gasteiger partial charge in [-0.2, -0.15) is 0 Å². The fraction of sp³-hybridized carbons (Fsp3) is 0.240. The van der Waals surface area contributed by atoms with E-state index in [1.54, 1.807) is 23.9 Å². The van der Waals surface area contributed by atoms with E-state index in [1.807, 2.05) is 55.5 Å². The number of hydrogen-bond donors (Lipinski definition) is 1. The second-order valence-electron chi connectivity index (χ2n) is 7.13. The SMILES string of the molecule is CC(NC(=O)c1ccc(OCCSc2ccccc2)cc1)c1ccc2c(c1)OCCO2. The van der Waals surface area contributed by atoms with Crippen LogP contribution in [-0.2, 0) is 0 Å². The summed E-state index contributed by atoms with van der Waals surface area (Å²) in [7, 11) is 0. The van der Waals surface area contributed by atoms with Gasteiger partial charge in [0.2, 0.25) is 0 Å². The molecule has 5 nitrogen and oxygen atoms in total. The average molecular weight is 436 g/mol. The molecule has 1 N–H and O–H groups in total.